The van der Waals surface area contributed by atoms with Gasteiger partial charge in [-0.2, -0.15) is 0 Å². The van der Waals surface area contributed by atoms with E-state index in [1.165, 1.54) is 0 Å². The first-order valence-electron chi connectivity index (χ1n) is 7.03. The van der Waals surface area contributed by atoms with Crippen LogP contribution in [0.2, 0.25) is 0 Å². The van der Waals surface area contributed by atoms with Crippen LogP contribution in [0.5, 0.6) is 0 Å². The van der Waals surface area contributed by atoms with Crippen molar-refractivity contribution in [3.05, 3.63) is 65.6 Å². The molecule has 0 saturated heterocycles. The van der Waals surface area contributed by atoms with E-state index in [1.807, 2.05) is 36.4 Å². The fraction of sp³-hybridized carbons (Fsp3) is 0.0588. The number of pyridine rings is 1. The zero-order valence-electron chi connectivity index (χ0n) is 12.2. The predicted octanol–water partition coefficient (Wildman–Crippen LogP) is 2.12. The predicted molar refractivity (Wildman–Crippen MR) is 87.6 cm³/mol. The minimum atomic E-state index is -0.388. The third-order valence-electron chi connectivity index (χ3n) is 3.45. The molecule has 0 spiro atoms. The summed E-state index contributed by atoms with van der Waals surface area (Å²) >= 11 is 0. The lowest BCUT2D eigenvalue weighted by atomic mass is 10.1. The van der Waals surface area contributed by atoms with E-state index >= 15 is 0 Å². The van der Waals surface area contributed by atoms with Gasteiger partial charge in [0.05, 0.1) is 11.8 Å². The van der Waals surface area contributed by atoms with Gasteiger partial charge in [-0.15, -0.1) is 0 Å². The van der Waals surface area contributed by atoms with Gasteiger partial charge in [0.1, 0.15) is 5.69 Å². The Morgan fingerprint density at radius 1 is 1.04 bits per heavy atom. The average Bonchev–Trinajstić information content (AvgIpc) is 3.00. The minimum absolute atomic E-state index is 0.220. The molecule has 0 aliphatic carbocycles. The van der Waals surface area contributed by atoms with Crippen molar-refractivity contribution in [3.63, 3.8) is 0 Å². The lowest BCUT2D eigenvalue weighted by molar-refractivity contribution is 0.0974. The smallest absolute Gasteiger partial charge is 0.294 e. The minimum Gasteiger partial charge on any atom is -0.350 e. The van der Waals surface area contributed by atoms with Crippen LogP contribution in [0.3, 0.4) is 0 Å². The molecule has 3 N–H and O–H groups in total. The number of benzene rings is 1. The van der Waals surface area contributed by atoms with Crippen molar-refractivity contribution in [1.82, 2.24) is 9.97 Å². The zero-order valence-corrected chi connectivity index (χ0v) is 12.2. The van der Waals surface area contributed by atoms with E-state index in [-0.39, 0.29) is 11.7 Å². The number of Topliss-reactive ketones (excluding diaryl/α,β-unsaturated/α-hetero) is 1. The van der Waals surface area contributed by atoms with Crippen molar-refractivity contribution >= 4 is 28.8 Å². The van der Waals surface area contributed by atoms with Crippen LogP contribution in [0, 0.1) is 0 Å². The number of para-hydroxylation sites is 1. The molecule has 1 aromatic carbocycles. The van der Waals surface area contributed by atoms with Gasteiger partial charge in [-0.1, -0.05) is 18.2 Å². The molecule has 0 bridgehead atoms. The number of carbonyl (C=O) groups is 2. The van der Waals surface area contributed by atoms with E-state index in [0.29, 0.717) is 17.8 Å². The van der Waals surface area contributed by atoms with E-state index in [4.69, 9.17) is 5.73 Å². The Labute approximate surface area is 132 Å². The topological polar surface area (TPSA) is 101 Å². The number of nitrogens with zero attached hydrogens (tertiary/aromatic N) is 2. The SMILES string of the molecule is NCc1ccncc1.O=C1N=CC(=O)c2c1[nH]c1ccccc21. The normalized spacial score (nSPS) is 12.7. The number of rotatable bonds is 1. The molecule has 23 heavy (non-hydrogen) atoms. The van der Waals surface area contributed by atoms with Crippen LogP contribution in [0.25, 0.3) is 10.9 Å². The average molecular weight is 306 g/mol. The third-order valence-corrected chi connectivity index (χ3v) is 3.45. The van der Waals surface area contributed by atoms with Gasteiger partial charge in [-0.05, 0) is 23.8 Å². The van der Waals surface area contributed by atoms with Gasteiger partial charge >= 0.3 is 0 Å². The maximum atomic E-state index is 11.6. The number of aromatic nitrogens is 2. The summed E-state index contributed by atoms with van der Waals surface area (Å²) in [6, 6.07) is 11.1. The van der Waals surface area contributed by atoms with E-state index in [9.17, 15) is 9.59 Å². The number of nitrogens with two attached hydrogens (primary N) is 1. The molecule has 114 valence electrons. The molecule has 0 saturated carbocycles. The van der Waals surface area contributed by atoms with Gasteiger partial charge in [0.2, 0.25) is 5.78 Å². The molecular weight excluding hydrogens is 292 g/mol. The number of hydrogen-bond acceptors (Lipinski definition) is 4. The second kappa shape index (κ2) is 6.33. The molecule has 6 heteroatoms. The van der Waals surface area contributed by atoms with Gasteiger partial charge in [-0.25, -0.2) is 4.99 Å². The molecule has 0 unspecified atom stereocenters. The summed E-state index contributed by atoms with van der Waals surface area (Å²) < 4.78 is 0. The van der Waals surface area contributed by atoms with Crippen molar-refractivity contribution in [3.8, 4) is 0 Å². The number of nitrogens with one attached hydrogen (secondary N) is 1. The second-order valence-corrected chi connectivity index (χ2v) is 4.91. The number of amides is 1. The van der Waals surface area contributed by atoms with Crippen molar-refractivity contribution in [2.75, 3.05) is 0 Å². The van der Waals surface area contributed by atoms with Crippen LogP contribution in [0.15, 0.2) is 53.8 Å². The van der Waals surface area contributed by atoms with Crippen LogP contribution < -0.4 is 5.73 Å². The van der Waals surface area contributed by atoms with Crippen LogP contribution in [-0.4, -0.2) is 27.9 Å². The van der Waals surface area contributed by atoms with Crippen LogP contribution >= 0.6 is 0 Å². The van der Waals surface area contributed by atoms with Crippen molar-refractivity contribution < 1.29 is 9.59 Å². The van der Waals surface area contributed by atoms with Gasteiger partial charge in [0.15, 0.2) is 0 Å². The molecule has 3 aromatic rings. The molecule has 2 aromatic heterocycles. The fourth-order valence-corrected chi connectivity index (χ4v) is 2.32. The van der Waals surface area contributed by atoms with E-state index in [0.717, 1.165) is 22.7 Å². The van der Waals surface area contributed by atoms with Gasteiger partial charge in [0.25, 0.3) is 5.91 Å². The monoisotopic (exact) mass is 306 g/mol. The summed E-state index contributed by atoms with van der Waals surface area (Å²) in [5.74, 6) is -0.608. The molecule has 4 rings (SSSR count). The fourth-order valence-electron chi connectivity index (χ4n) is 2.32. The highest BCUT2D eigenvalue weighted by Crippen LogP contribution is 2.24. The molecule has 6 nitrogen and oxygen atoms in total. The first-order valence-corrected chi connectivity index (χ1v) is 7.03. The number of carbonyl (C=O) groups excluding carboxylic acids is 2. The van der Waals surface area contributed by atoms with E-state index < -0.39 is 0 Å². The Morgan fingerprint density at radius 2 is 1.78 bits per heavy atom. The standard InChI is InChI=1S/C11H6N2O2.C6H8N2/c14-8-5-12-11(15)10-9(8)6-3-1-2-4-7(6)13-10;7-5-6-1-3-8-4-2-6/h1-5,13H;1-4H,5,7H2. The zero-order chi connectivity index (χ0) is 16.2. The Balaban J connectivity index is 0.000000166. The summed E-state index contributed by atoms with van der Waals surface area (Å²) in [7, 11) is 0. The number of aromatic amines is 1. The molecule has 1 amide bonds. The highest BCUT2D eigenvalue weighted by Gasteiger charge is 2.24. The van der Waals surface area contributed by atoms with Crippen LogP contribution in [0.4, 0.5) is 0 Å². The largest absolute Gasteiger partial charge is 0.350 e. The van der Waals surface area contributed by atoms with E-state index in [1.54, 1.807) is 12.4 Å². The summed E-state index contributed by atoms with van der Waals surface area (Å²) in [5, 5.41) is 0.775. The second-order valence-electron chi connectivity index (χ2n) is 4.91. The molecular formula is C17H14N4O2. The molecule has 0 radical (unpaired) electrons. The molecule has 1 aliphatic heterocycles. The Hall–Kier alpha value is -3.12. The van der Waals surface area contributed by atoms with Crippen molar-refractivity contribution in [1.29, 1.82) is 0 Å². The maximum Gasteiger partial charge on any atom is 0.294 e. The molecule has 3 heterocycles. The van der Waals surface area contributed by atoms with Crippen LogP contribution in [-0.2, 0) is 6.54 Å². The Kier molecular flexibility index (Phi) is 4.07. The van der Waals surface area contributed by atoms with Gasteiger partial charge < -0.3 is 10.7 Å². The summed E-state index contributed by atoms with van der Waals surface area (Å²) in [4.78, 5) is 33.3. The lowest BCUT2D eigenvalue weighted by Crippen LogP contribution is -2.14. The quantitative estimate of drug-likeness (QED) is 0.719. The van der Waals surface area contributed by atoms with Crippen molar-refractivity contribution in [2.45, 2.75) is 6.54 Å². The number of hydrogen-bond donors (Lipinski definition) is 2. The summed E-state index contributed by atoms with van der Waals surface area (Å²) in [5.41, 5.74) is 7.96. The lowest BCUT2D eigenvalue weighted by Gasteiger charge is -2.01. The number of ketones is 1. The molecule has 0 fully saturated rings. The maximum absolute atomic E-state index is 11.6. The van der Waals surface area contributed by atoms with Crippen molar-refractivity contribution in [2.24, 2.45) is 10.7 Å². The first-order chi connectivity index (χ1) is 11.2. The number of H-pyrrole nitrogens is 1. The Morgan fingerprint density at radius 3 is 2.48 bits per heavy atom. The Bertz CT molecular complexity index is 897. The van der Waals surface area contributed by atoms with Gasteiger partial charge in [0, 0.05) is 29.8 Å². The highest BCUT2D eigenvalue weighted by atomic mass is 16.2. The summed E-state index contributed by atoms with van der Waals surface area (Å²) in [6.07, 6.45) is 4.55. The van der Waals surface area contributed by atoms with Gasteiger partial charge in [-0.3, -0.25) is 14.6 Å². The number of aliphatic imine (C=N–C) groups is 1. The molecule has 1 aliphatic rings. The summed E-state index contributed by atoms with van der Waals surface area (Å²) in [6.45, 7) is 0.600. The third kappa shape index (κ3) is 2.93. The first kappa shape index (κ1) is 14.8. The molecule has 0 atom stereocenters. The highest BCUT2D eigenvalue weighted by molar-refractivity contribution is 6.44. The van der Waals surface area contributed by atoms with E-state index in [2.05, 4.69) is 15.0 Å². The number of fused-ring (bicyclic) bond motifs is 3. The van der Waals surface area contributed by atoms with Crippen LogP contribution in [0.1, 0.15) is 26.4 Å².